The molecule has 3 heterocycles. The molecule has 2 atom stereocenters. The molecule has 0 radical (unpaired) electrons. The molecule has 10 heteroatoms. The molecule has 2 unspecified atom stereocenters. The smallest absolute Gasteiger partial charge is 0.360 e. The van der Waals surface area contributed by atoms with Crippen LogP contribution < -0.4 is 10.5 Å². The molecule has 0 aliphatic carbocycles. The van der Waals surface area contributed by atoms with Crippen molar-refractivity contribution >= 4 is 34.4 Å². The molecular formula is C21H18Cl2FN5O2. The van der Waals surface area contributed by atoms with Crippen LogP contribution in [0.4, 0.5) is 4.39 Å². The maximum Gasteiger partial charge on any atom is 0.360 e. The number of imidazole rings is 1. The van der Waals surface area contributed by atoms with Gasteiger partial charge in [0.15, 0.2) is 11.8 Å². The lowest BCUT2D eigenvalue weighted by Crippen LogP contribution is -2.26. The number of fused-ring (bicyclic) bond motifs is 1. The highest BCUT2D eigenvalue weighted by Gasteiger charge is 2.21. The Bertz CT molecular complexity index is 1340. The lowest BCUT2D eigenvalue weighted by molar-refractivity contribution is 0.0492. The number of hydrogen-bond acceptors (Lipinski definition) is 4. The summed E-state index contributed by atoms with van der Waals surface area (Å²) in [6, 6.07) is 4.34. The van der Waals surface area contributed by atoms with E-state index in [9.17, 15) is 9.18 Å². The number of allylic oxidation sites excluding steroid dienone is 1. The zero-order valence-corrected chi connectivity index (χ0v) is 18.2. The highest BCUT2D eigenvalue weighted by molar-refractivity contribution is 6.36. The Balaban J connectivity index is 1.74. The summed E-state index contributed by atoms with van der Waals surface area (Å²) in [6.07, 6.45) is 6.16. The first-order chi connectivity index (χ1) is 14.8. The van der Waals surface area contributed by atoms with Gasteiger partial charge in [0.05, 0.1) is 17.3 Å². The molecule has 0 bridgehead atoms. The van der Waals surface area contributed by atoms with Gasteiger partial charge in [-0.25, -0.2) is 14.2 Å². The monoisotopic (exact) mass is 461 g/mol. The van der Waals surface area contributed by atoms with Gasteiger partial charge in [0.1, 0.15) is 11.3 Å². The first kappa shape index (κ1) is 21.1. The van der Waals surface area contributed by atoms with E-state index in [4.69, 9.17) is 28.0 Å². The number of halogens is 3. The Morgan fingerprint density at radius 3 is 2.77 bits per heavy atom. The fourth-order valence-electron chi connectivity index (χ4n) is 3.17. The van der Waals surface area contributed by atoms with Gasteiger partial charge in [-0.05, 0) is 32.0 Å². The molecule has 160 valence electrons. The van der Waals surface area contributed by atoms with E-state index in [-0.39, 0.29) is 21.7 Å². The second-order valence-corrected chi connectivity index (χ2v) is 7.79. The highest BCUT2D eigenvalue weighted by atomic mass is 35.5. The van der Waals surface area contributed by atoms with Crippen molar-refractivity contribution in [3.8, 4) is 11.1 Å². The molecule has 3 aromatic heterocycles. The molecule has 0 aliphatic heterocycles. The SMILES string of the molecule is C=CC(C)n1cc(-c2cnc3[nH]c(=O)n(OC(C)c4c(Cl)ccc(F)c4Cl)c3c2)cn1. The van der Waals surface area contributed by atoms with E-state index in [2.05, 4.69) is 21.6 Å². The number of hydrogen-bond donors (Lipinski definition) is 1. The number of benzene rings is 1. The van der Waals surface area contributed by atoms with Crippen LogP contribution in [-0.4, -0.2) is 24.5 Å². The summed E-state index contributed by atoms with van der Waals surface area (Å²) in [5.74, 6) is -0.627. The van der Waals surface area contributed by atoms with Gasteiger partial charge >= 0.3 is 5.69 Å². The van der Waals surface area contributed by atoms with Gasteiger partial charge in [0.25, 0.3) is 0 Å². The number of aromatic nitrogens is 5. The Labute approximate surface area is 186 Å². The Hall–Kier alpha value is -3.10. The summed E-state index contributed by atoms with van der Waals surface area (Å²) in [5.41, 5.74) is 2.00. The van der Waals surface area contributed by atoms with Crippen LogP contribution in [0, 0.1) is 5.82 Å². The van der Waals surface area contributed by atoms with Crippen molar-refractivity contribution in [1.29, 1.82) is 0 Å². The van der Waals surface area contributed by atoms with E-state index in [1.165, 1.54) is 12.1 Å². The van der Waals surface area contributed by atoms with Gasteiger partial charge in [-0.3, -0.25) is 9.67 Å². The van der Waals surface area contributed by atoms with Gasteiger partial charge in [-0.2, -0.15) is 5.10 Å². The second kappa shape index (κ2) is 8.20. The summed E-state index contributed by atoms with van der Waals surface area (Å²) in [5, 5.41) is 4.41. The number of aromatic amines is 1. The third-order valence-electron chi connectivity index (χ3n) is 4.94. The quantitative estimate of drug-likeness (QED) is 0.324. The van der Waals surface area contributed by atoms with Crippen LogP contribution in [0.3, 0.4) is 0 Å². The zero-order valence-electron chi connectivity index (χ0n) is 16.6. The first-order valence-corrected chi connectivity index (χ1v) is 10.1. The second-order valence-electron chi connectivity index (χ2n) is 7.01. The average molecular weight is 462 g/mol. The number of pyridine rings is 1. The highest BCUT2D eigenvalue weighted by Crippen LogP contribution is 2.33. The fraction of sp³-hybridized carbons (Fsp3) is 0.190. The molecule has 0 spiro atoms. The molecular weight excluding hydrogens is 444 g/mol. The standard InChI is InChI=1S/C21H18Cl2FN5O2/c1-4-11(2)28-10-14(9-26-28)13-7-17-20(25-8-13)27-21(30)29(17)31-12(3)18-15(22)5-6-16(24)19(18)23/h4-12H,1H2,2-3H3,(H,25,27,30). The van der Waals surface area contributed by atoms with E-state index >= 15 is 0 Å². The van der Waals surface area contributed by atoms with Crippen LogP contribution in [-0.2, 0) is 0 Å². The number of nitrogens with zero attached hydrogens (tertiary/aromatic N) is 4. The predicted molar refractivity (Wildman–Crippen MR) is 118 cm³/mol. The van der Waals surface area contributed by atoms with E-state index in [0.717, 1.165) is 15.9 Å². The third kappa shape index (κ3) is 3.84. The van der Waals surface area contributed by atoms with E-state index < -0.39 is 17.6 Å². The average Bonchev–Trinajstić information content (AvgIpc) is 3.35. The first-order valence-electron chi connectivity index (χ1n) is 9.38. The van der Waals surface area contributed by atoms with Crippen molar-refractivity contribution < 1.29 is 9.23 Å². The van der Waals surface area contributed by atoms with Crippen molar-refractivity contribution in [3.63, 3.8) is 0 Å². The molecule has 4 rings (SSSR count). The van der Waals surface area contributed by atoms with Crippen LogP contribution >= 0.6 is 23.2 Å². The van der Waals surface area contributed by atoms with Gasteiger partial charge in [-0.15, -0.1) is 11.3 Å². The van der Waals surface area contributed by atoms with Crippen LogP contribution in [0.5, 0.6) is 0 Å². The zero-order chi connectivity index (χ0) is 22.3. The van der Waals surface area contributed by atoms with Crippen LogP contribution in [0.15, 0.2) is 54.2 Å². The van der Waals surface area contributed by atoms with Gasteiger partial charge in [0.2, 0.25) is 0 Å². The Morgan fingerprint density at radius 1 is 1.26 bits per heavy atom. The van der Waals surface area contributed by atoms with Gasteiger partial charge in [0, 0.05) is 34.1 Å². The lowest BCUT2D eigenvalue weighted by Gasteiger charge is -2.17. The summed E-state index contributed by atoms with van der Waals surface area (Å²) in [4.78, 5) is 25.3. The van der Waals surface area contributed by atoms with Gasteiger partial charge < -0.3 is 4.84 Å². The van der Waals surface area contributed by atoms with Crippen LogP contribution in [0.2, 0.25) is 10.0 Å². The molecule has 0 amide bonds. The molecule has 1 N–H and O–H groups in total. The Kier molecular flexibility index (Phi) is 5.60. The third-order valence-corrected chi connectivity index (χ3v) is 5.65. The summed E-state index contributed by atoms with van der Waals surface area (Å²) < 4.78 is 16.7. The number of nitrogens with one attached hydrogen (secondary N) is 1. The van der Waals surface area contributed by atoms with E-state index in [1.54, 1.807) is 36.1 Å². The Morgan fingerprint density at radius 2 is 2.03 bits per heavy atom. The molecule has 0 saturated carbocycles. The number of rotatable bonds is 6. The fourth-order valence-corrected chi connectivity index (χ4v) is 3.85. The van der Waals surface area contributed by atoms with Crippen molar-refractivity contribution in [2.75, 3.05) is 0 Å². The summed E-state index contributed by atoms with van der Waals surface area (Å²) in [7, 11) is 0. The summed E-state index contributed by atoms with van der Waals surface area (Å²) >= 11 is 12.3. The molecule has 4 aromatic rings. The topological polar surface area (TPSA) is 77.7 Å². The minimum Gasteiger partial charge on any atom is -0.401 e. The predicted octanol–water partition coefficient (Wildman–Crippen LogP) is 4.97. The molecule has 1 aromatic carbocycles. The molecule has 31 heavy (non-hydrogen) atoms. The van der Waals surface area contributed by atoms with Crippen molar-refractivity contribution in [2.24, 2.45) is 0 Å². The van der Waals surface area contributed by atoms with Gasteiger partial charge in [-0.1, -0.05) is 29.3 Å². The van der Waals surface area contributed by atoms with E-state index in [1.807, 2.05) is 13.1 Å². The summed E-state index contributed by atoms with van der Waals surface area (Å²) in [6.45, 7) is 7.36. The normalized spacial score (nSPS) is 13.3. The maximum absolute atomic E-state index is 13.9. The van der Waals surface area contributed by atoms with E-state index in [0.29, 0.717) is 11.2 Å². The number of H-pyrrole nitrogens is 1. The van der Waals surface area contributed by atoms with Crippen LogP contribution in [0.25, 0.3) is 22.3 Å². The van der Waals surface area contributed by atoms with Crippen molar-refractivity contribution in [3.05, 3.63) is 81.4 Å². The maximum atomic E-state index is 13.9. The van der Waals surface area contributed by atoms with Crippen LogP contribution in [0.1, 0.15) is 31.6 Å². The largest absolute Gasteiger partial charge is 0.401 e. The molecule has 0 aliphatic rings. The minimum absolute atomic E-state index is 0.0285. The van der Waals surface area contributed by atoms with Crippen molar-refractivity contribution in [1.82, 2.24) is 24.5 Å². The molecule has 0 fully saturated rings. The lowest BCUT2D eigenvalue weighted by atomic mass is 10.1. The van der Waals surface area contributed by atoms with Crippen molar-refractivity contribution in [2.45, 2.75) is 26.0 Å². The molecule has 7 nitrogen and oxygen atoms in total. The molecule has 0 saturated heterocycles. The minimum atomic E-state index is -0.813.